The second-order valence-corrected chi connectivity index (χ2v) is 7.63. The first-order chi connectivity index (χ1) is 12.5. The minimum absolute atomic E-state index is 0.0745. The van der Waals surface area contributed by atoms with Crippen LogP contribution in [-0.4, -0.2) is 65.7 Å². The molecule has 0 aliphatic carbocycles. The van der Waals surface area contributed by atoms with Gasteiger partial charge in [-0.3, -0.25) is 9.69 Å². The average molecular weight is 363 g/mol. The van der Waals surface area contributed by atoms with Gasteiger partial charge in [0, 0.05) is 31.2 Å². The van der Waals surface area contributed by atoms with E-state index in [2.05, 4.69) is 15.1 Å². The zero-order valence-corrected chi connectivity index (χ0v) is 15.6. The van der Waals surface area contributed by atoms with Crippen LogP contribution in [-0.2, 0) is 4.79 Å². The van der Waals surface area contributed by atoms with Crippen LogP contribution in [0.25, 0.3) is 0 Å². The monoisotopic (exact) mass is 363 g/mol. The molecular weight excluding hydrogens is 333 g/mol. The number of amides is 1. The van der Waals surface area contributed by atoms with Gasteiger partial charge in [0.25, 0.3) is 0 Å². The Balaban J connectivity index is 1.38. The van der Waals surface area contributed by atoms with Gasteiger partial charge in [0.05, 0.1) is 6.10 Å². The molecule has 1 aromatic rings. The van der Waals surface area contributed by atoms with E-state index in [-0.39, 0.29) is 17.8 Å². The Kier molecular flexibility index (Phi) is 6.62. The van der Waals surface area contributed by atoms with Crippen LogP contribution in [0.3, 0.4) is 0 Å². The van der Waals surface area contributed by atoms with E-state index < -0.39 is 0 Å². The van der Waals surface area contributed by atoms with E-state index in [1.807, 2.05) is 0 Å². The molecule has 3 rings (SSSR count). The third-order valence-corrected chi connectivity index (χ3v) is 5.61. The van der Waals surface area contributed by atoms with Crippen molar-refractivity contribution in [1.82, 2.24) is 9.80 Å². The lowest BCUT2D eigenvalue weighted by atomic mass is 9.99. The van der Waals surface area contributed by atoms with E-state index in [4.69, 9.17) is 0 Å². The first-order valence-electron chi connectivity index (χ1n) is 9.72. The summed E-state index contributed by atoms with van der Waals surface area (Å²) in [5, 5.41) is 12.6. The van der Waals surface area contributed by atoms with Crippen molar-refractivity contribution in [3.05, 3.63) is 29.6 Å². The maximum absolute atomic E-state index is 13.5. The normalized spacial score (nSPS) is 23.1. The van der Waals surface area contributed by atoms with Gasteiger partial charge >= 0.3 is 0 Å². The molecule has 5 nitrogen and oxygen atoms in total. The number of rotatable bonds is 5. The van der Waals surface area contributed by atoms with Crippen LogP contribution in [0.4, 0.5) is 10.1 Å². The number of nitrogens with zero attached hydrogens (tertiary/aromatic N) is 2. The predicted octanol–water partition coefficient (Wildman–Crippen LogP) is 2.38. The quantitative estimate of drug-likeness (QED) is 0.843. The van der Waals surface area contributed by atoms with Crippen molar-refractivity contribution >= 4 is 11.6 Å². The molecule has 1 unspecified atom stereocenters. The van der Waals surface area contributed by atoms with Gasteiger partial charge in [-0.25, -0.2) is 4.39 Å². The molecule has 0 bridgehead atoms. The lowest BCUT2D eigenvalue weighted by molar-refractivity contribution is -0.116. The second kappa shape index (κ2) is 8.93. The van der Waals surface area contributed by atoms with E-state index >= 15 is 0 Å². The smallest absolute Gasteiger partial charge is 0.225 e. The van der Waals surface area contributed by atoms with Gasteiger partial charge in [-0.1, -0.05) is 6.07 Å². The molecule has 2 aliphatic rings. The number of aliphatic hydroxyl groups is 1. The van der Waals surface area contributed by atoms with Crippen LogP contribution < -0.4 is 5.32 Å². The molecule has 0 aromatic heterocycles. The lowest BCUT2D eigenvalue weighted by Gasteiger charge is -2.41. The fraction of sp³-hybridized carbons (Fsp3) is 0.650. The maximum atomic E-state index is 13.5. The molecule has 2 N–H and O–H groups in total. The molecule has 26 heavy (non-hydrogen) atoms. The Bertz CT molecular complexity index is 617. The highest BCUT2D eigenvalue weighted by molar-refractivity contribution is 5.90. The fourth-order valence-electron chi connectivity index (χ4n) is 3.98. The Morgan fingerprint density at radius 2 is 2.04 bits per heavy atom. The van der Waals surface area contributed by atoms with E-state index in [1.54, 1.807) is 19.1 Å². The Hall–Kier alpha value is -1.50. The molecule has 1 aromatic carbocycles. The molecule has 144 valence electrons. The molecule has 2 aliphatic heterocycles. The number of anilines is 1. The minimum atomic E-state index is -0.298. The van der Waals surface area contributed by atoms with Crippen molar-refractivity contribution in [1.29, 1.82) is 0 Å². The number of likely N-dealkylation sites (tertiary alicyclic amines) is 2. The van der Waals surface area contributed by atoms with Crippen LogP contribution >= 0.6 is 0 Å². The molecule has 1 atom stereocenters. The Morgan fingerprint density at radius 1 is 1.27 bits per heavy atom. The number of β-amino-alcohol motifs (C(OH)–C–C–N with tert-alkyl or cyclic N) is 1. The summed E-state index contributed by atoms with van der Waals surface area (Å²) >= 11 is 0. The van der Waals surface area contributed by atoms with Gasteiger partial charge in [0.2, 0.25) is 5.91 Å². The van der Waals surface area contributed by atoms with Crippen molar-refractivity contribution in [2.75, 3.05) is 38.0 Å². The Labute approximate surface area is 155 Å². The number of benzene rings is 1. The molecule has 2 saturated heterocycles. The van der Waals surface area contributed by atoms with Gasteiger partial charge in [0.15, 0.2) is 0 Å². The largest absolute Gasteiger partial charge is 0.392 e. The van der Waals surface area contributed by atoms with Crippen LogP contribution in [0.2, 0.25) is 0 Å². The van der Waals surface area contributed by atoms with E-state index in [0.717, 1.165) is 58.4 Å². The van der Waals surface area contributed by atoms with Crippen molar-refractivity contribution < 1.29 is 14.3 Å². The van der Waals surface area contributed by atoms with Crippen molar-refractivity contribution in [3.8, 4) is 0 Å². The van der Waals surface area contributed by atoms with E-state index in [9.17, 15) is 14.3 Å². The molecule has 1 amide bonds. The summed E-state index contributed by atoms with van der Waals surface area (Å²) in [6.45, 7) is 6.31. The number of halogens is 1. The third kappa shape index (κ3) is 5.25. The van der Waals surface area contributed by atoms with E-state index in [1.165, 1.54) is 6.07 Å². The molecular formula is C20H30FN3O2. The highest BCUT2D eigenvalue weighted by atomic mass is 19.1. The highest BCUT2D eigenvalue weighted by Gasteiger charge is 2.28. The summed E-state index contributed by atoms with van der Waals surface area (Å²) < 4.78 is 13.5. The number of aryl methyl sites for hydroxylation is 1. The number of nitrogens with one attached hydrogen (secondary N) is 1. The number of hydrogen-bond donors (Lipinski definition) is 2. The zero-order chi connectivity index (χ0) is 18.5. The molecule has 0 radical (unpaired) electrons. The number of carbonyl (C=O) groups is 1. The van der Waals surface area contributed by atoms with Crippen LogP contribution in [0.1, 0.15) is 37.7 Å². The van der Waals surface area contributed by atoms with Crippen LogP contribution in [0, 0.1) is 12.7 Å². The standard InChI is InChI=1S/C20H30FN3O2/c1-15-4-5-16(13-19(15)21)22-20(26)8-12-23-10-6-17(7-11-23)24-9-2-3-18(25)14-24/h4-5,13,17-18,25H,2-3,6-12,14H2,1H3,(H,22,26). The van der Waals surface area contributed by atoms with Gasteiger partial charge in [0.1, 0.15) is 5.82 Å². The summed E-state index contributed by atoms with van der Waals surface area (Å²) in [6, 6.07) is 5.33. The Morgan fingerprint density at radius 3 is 2.73 bits per heavy atom. The molecule has 0 saturated carbocycles. The number of aliphatic hydroxyl groups excluding tert-OH is 1. The van der Waals surface area contributed by atoms with Crippen molar-refractivity contribution in [2.24, 2.45) is 0 Å². The van der Waals surface area contributed by atoms with Gasteiger partial charge in [-0.2, -0.15) is 0 Å². The fourth-order valence-corrected chi connectivity index (χ4v) is 3.98. The topological polar surface area (TPSA) is 55.8 Å². The number of hydrogen-bond acceptors (Lipinski definition) is 4. The molecule has 0 spiro atoms. The predicted molar refractivity (Wildman–Crippen MR) is 101 cm³/mol. The minimum Gasteiger partial charge on any atom is -0.392 e. The number of carbonyl (C=O) groups excluding carboxylic acids is 1. The summed E-state index contributed by atoms with van der Waals surface area (Å²) in [4.78, 5) is 16.9. The van der Waals surface area contributed by atoms with Gasteiger partial charge in [-0.05, 0) is 69.9 Å². The van der Waals surface area contributed by atoms with E-state index in [0.29, 0.717) is 23.7 Å². The summed E-state index contributed by atoms with van der Waals surface area (Å²) in [5.74, 6) is -0.373. The second-order valence-electron chi connectivity index (χ2n) is 7.63. The van der Waals surface area contributed by atoms with Crippen molar-refractivity contribution in [2.45, 2.75) is 51.2 Å². The lowest BCUT2D eigenvalue weighted by Crippen LogP contribution is -2.49. The van der Waals surface area contributed by atoms with Gasteiger partial charge in [-0.15, -0.1) is 0 Å². The van der Waals surface area contributed by atoms with Crippen LogP contribution in [0.5, 0.6) is 0 Å². The SMILES string of the molecule is Cc1ccc(NC(=O)CCN2CCC(N3CCCC(O)C3)CC2)cc1F. The van der Waals surface area contributed by atoms with Crippen molar-refractivity contribution in [3.63, 3.8) is 0 Å². The summed E-state index contributed by atoms with van der Waals surface area (Å²) in [5.41, 5.74) is 1.09. The maximum Gasteiger partial charge on any atom is 0.225 e. The van der Waals surface area contributed by atoms with Crippen LogP contribution in [0.15, 0.2) is 18.2 Å². The summed E-state index contributed by atoms with van der Waals surface area (Å²) in [6.07, 6.45) is 4.45. The first kappa shape index (κ1) is 19.3. The average Bonchev–Trinajstić information content (AvgIpc) is 2.63. The number of piperidine rings is 2. The van der Waals surface area contributed by atoms with Gasteiger partial charge < -0.3 is 15.3 Å². The highest BCUT2D eigenvalue weighted by Crippen LogP contribution is 2.21. The molecule has 6 heteroatoms. The molecule has 2 heterocycles. The zero-order valence-electron chi connectivity index (χ0n) is 15.6. The third-order valence-electron chi connectivity index (χ3n) is 5.61. The first-order valence-corrected chi connectivity index (χ1v) is 9.72. The molecule has 2 fully saturated rings. The summed E-state index contributed by atoms with van der Waals surface area (Å²) in [7, 11) is 0.